The van der Waals surface area contributed by atoms with Crippen molar-refractivity contribution in [1.82, 2.24) is 0 Å². The van der Waals surface area contributed by atoms with E-state index in [-0.39, 0.29) is 5.97 Å². The van der Waals surface area contributed by atoms with Gasteiger partial charge in [0.25, 0.3) is 0 Å². The van der Waals surface area contributed by atoms with Gasteiger partial charge >= 0.3 is 5.97 Å². The molecule has 0 amide bonds. The molecule has 0 unspecified atom stereocenters. The van der Waals surface area contributed by atoms with E-state index in [9.17, 15) is 4.79 Å². The molecule has 0 saturated carbocycles. The van der Waals surface area contributed by atoms with Gasteiger partial charge in [0.2, 0.25) is 0 Å². The van der Waals surface area contributed by atoms with Crippen LogP contribution in [-0.4, -0.2) is 13.1 Å². The van der Waals surface area contributed by atoms with E-state index in [4.69, 9.17) is 4.74 Å². The highest BCUT2D eigenvalue weighted by Crippen LogP contribution is 2.33. The second kappa shape index (κ2) is 5.57. The van der Waals surface area contributed by atoms with Crippen molar-refractivity contribution in [1.29, 1.82) is 0 Å². The van der Waals surface area contributed by atoms with Gasteiger partial charge < -0.3 is 4.74 Å². The second-order valence-electron chi connectivity index (χ2n) is 4.89. The minimum Gasteiger partial charge on any atom is -0.465 e. The Bertz CT molecular complexity index is 579. The molecule has 1 aromatic heterocycles. The molecular formula is C16H18O2S. The van der Waals surface area contributed by atoms with Crippen LogP contribution in [0.1, 0.15) is 40.6 Å². The Balaban J connectivity index is 2.46. The Labute approximate surface area is 118 Å². The third-order valence-electron chi connectivity index (χ3n) is 3.21. The van der Waals surface area contributed by atoms with Crippen molar-refractivity contribution in [2.24, 2.45) is 0 Å². The van der Waals surface area contributed by atoms with Gasteiger partial charge in [-0.1, -0.05) is 38.1 Å². The topological polar surface area (TPSA) is 26.3 Å². The maximum Gasteiger partial charge on any atom is 0.348 e. The number of ether oxygens (including phenoxy) is 1. The number of hydrogen-bond donors (Lipinski definition) is 0. The van der Waals surface area contributed by atoms with Crippen LogP contribution in [0.2, 0.25) is 0 Å². The zero-order chi connectivity index (χ0) is 14.0. The van der Waals surface area contributed by atoms with Gasteiger partial charge in [-0.3, -0.25) is 0 Å². The molecule has 2 rings (SSSR count). The van der Waals surface area contributed by atoms with Gasteiger partial charge in [0.1, 0.15) is 4.88 Å². The van der Waals surface area contributed by atoms with E-state index in [1.807, 2.05) is 12.3 Å². The Morgan fingerprint density at radius 1 is 1.21 bits per heavy atom. The van der Waals surface area contributed by atoms with E-state index < -0.39 is 0 Å². The summed E-state index contributed by atoms with van der Waals surface area (Å²) in [6, 6.07) is 8.41. The van der Waals surface area contributed by atoms with Crippen molar-refractivity contribution in [3.05, 3.63) is 45.6 Å². The number of rotatable bonds is 3. The van der Waals surface area contributed by atoms with Crippen LogP contribution in [0.25, 0.3) is 11.1 Å². The molecule has 0 saturated heterocycles. The van der Waals surface area contributed by atoms with Crippen molar-refractivity contribution in [2.75, 3.05) is 7.11 Å². The first-order chi connectivity index (χ1) is 9.04. The minimum atomic E-state index is -0.263. The zero-order valence-electron chi connectivity index (χ0n) is 11.7. The number of esters is 1. The van der Waals surface area contributed by atoms with Crippen LogP contribution in [-0.2, 0) is 4.74 Å². The molecule has 0 fully saturated rings. The number of aryl methyl sites for hydroxylation is 1. The summed E-state index contributed by atoms with van der Waals surface area (Å²) in [5, 5.41) is 2.00. The smallest absolute Gasteiger partial charge is 0.348 e. The molecule has 100 valence electrons. The van der Waals surface area contributed by atoms with Crippen LogP contribution >= 0.6 is 11.3 Å². The van der Waals surface area contributed by atoms with Gasteiger partial charge in [-0.05, 0) is 34.9 Å². The molecule has 0 aliphatic carbocycles. The first-order valence-electron chi connectivity index (χ1n) is 6.31. The maximum atomic E-state index is 11.8. The van der Waals surface area contributed by atoms with Crippen LogP contribution in [0.3, 0.4) is 0 Å². The Morgan fingerprint density at radius 3 is 2.37 bits per heavy atom. The van der Waals surface area contributed by atoms with Gasteiger partial charge in [0.05, 0.1) is 7.11 Å². The molecular weight excluding hydrogens is 256 g/mol. The SMILES string of the molecule is COC(=O)c1scc(C)c1-c1ccc(C(C)C)cc1. The molecule has 0 aliphatic heterocycles. The molecule has 0 radical (unpaired) electrons. The standard InChI is InChI=1S/C16H18O2S/c1-10(2)12-5-7-13(8-6-12)14-11(3)9-19-15(14)16(17)18-4/h5-10H,1-4H3. The zero-order valence-corrected chi connectivity index (χ0v) is 12.5. The first kappa shape index (κ1) is 13.8. The van der Waals surface area contributed by atoms with E-state index in [0.29, 0.717) is 10.8 Å². The van der Waals surface area contributed by atoms with Crippen LogP contribution in [0.5, 0.6) is 0 Å². The predicted octanol–water partition coefficient (Wildman–Crippen LogP) is 4.63. The average Bonchev–Trinajstić information content (AvgIpc) is 2.80. The summed E-state index contributed by atoms with van der Waals surface area (Å²) in [5.41, 5.74) is 4.48. The highest BCUT2D eigenvalue weighted by molar-refractivity contribution is 7.12. The highest BCUT2D eigenvalue weighted by atomic mass is 32.1. The predicted molar refractivity (Wildman–Crippen MR) is 79.9 cm³/mol. The lowest BCUT2D eigenvalue weighted by Crippen LogP contribution is -2.00. The summed E-state index contributed by atoms with van der Waals surface area (Å²) in [6.45, 7) is 6.37. The minimum absolute atomic E-state index is 0.263. The molecule has 0 spiro atoms. The van der Waals surface area contributed by atoms with E-state index in [0.717, 1.165) is 16.7 Å². The van der Waals surface area contributed by atoms with Crippen LogP contribution in [0.15, 0.2) is 29.6 Å². The monoisotopic (exact) mass is 274 g/mol. The molecule has 1 aromatic carbocycles. The lowest BCUT2D eigenvalue weighted by Gasteiger charge is -2.08. The molecule has 0 N–H and O–H groups in total. The summed E-state index contributed by atoms with van der Waals surface area (Å²) in [5.74, 6) is 0.249. The number of carbonyl (C=O) groups is 1. The normalized spacial score (nSPS) is 10.8. The Kier molecular flexibility index (Phi) is 4.05. The maximum absolute atomic E-state index is 11.8. The molecule has 19 heavy (non-hydrogen) atoms. The fourth-order valence-corrected chi connectivity index (χ4v) is 3.07. The highest BCUT2D eigenvalue weighted by Gasteiger charge is 2.18. The van der Waals surface area contributed by atoms with E-state index in [1.165, 1.54) is 24.0 Å². The van der Waals surface area contributed by atoms with Gasteiger partial charge in [0.15, 0.2) is 0 Å². The lowest BCUT2D eigenvalue weighted by molar-refractivity contribution is 0.0607. The van der Waals surface area contributed by atoms with Crippen LogP contribution in [0.4, 0.5) is 0 Å². The molecule has 0 atom stereocenters. The van der Waals surface area contributed by atoms with Crippen molar-refractivity contribution in [3.63, 3.8) is 0 Å². The van der Waals surface area contributed by atoms with Gasteiger partial charge in [-0.2, -0.15) is 0 Å². The van der Waals surface area contributed by atoms with Crippen molar-refractivity contribution < 1.29 is 9.53 Å². The largest absolute Gasteiger partial charge is 0.465 e. The number of methoxy groups -OCH3 is 1. The molecule has 0 bridgehead atoms. The molecule has 2 nitrogen and oxygen atoms in total. The summed E-state index contributed by atoms with van der Waals surface area (Å²) >= 11 is 1.44. The fraction of sp³-hybridized carbons (Fsp3) is 0.312. The quantitative estimate of drug-likeness (QED) is 0.762. The summed E-state index contributed by atoms with van der Waals surface area (Å²) in [7, 11) is 1.42. The Morgan fingerprint density at radius 2 is 1.84 bits per heavy atom. The number of hydrogen-bond acceptors (Lipinski definition) is 3. The number of thiophene rings is 1. The molecule has 1 heterocycles. The molecule has 3 heteroatoms. The summed E-state index contributed by atoms with van der Waals surface area (Å²) < 4.78 is 4.85. The molecule has 2 aromatic rings. The van der Waals surface area contributed by atoms with Gasteiger partial charge in [-0.25, -0.2) is 4.79 Å². The third-order valence-corrected chi connectivity index (χ3v) is 4.29. The Hall–Kier alpha value is -1.61. The lowest BCUT2D eigenvalue weighted by atomic mass is 9.97. The average molecular weight is 274 g/mol. The third kappa shape index (κ3) is 2.71. The van der Waals surface area contributed by atoms with E-state index in [2.05, 4.69) is 38.1 Å². The second-order valence-corrected chi connectivity index (χ2v) is 5.77. The first-order valence-corrected chi connectivity index (χ1v) is 7.19. The van der Waals surface area contributed by atoms with Gasteiger partial charge in [-0.15, -0.1) is 11.3 Å². The number of carbonyl (C=O) groups excluding carboxylic acids is 1. The van der Waals surface area contributed by atoms with Crippen molar-refractivity contribution in [2.45, 2.75) is 26.7 Å². The summed E-state index contributed by atoms with van der Waals surface area (Å²) in [6.07, 6.45) is 0. The van der Waals surface area contributed by atoms with Gasteiger partial charge in [0, 0.05) is 5.56 Å². The van der Waals surface area contributed by atoms with Crippen molar-refractivity contribution >= 4 is 17.3 Å². The fourth-order valence-electron chi connectivity index (χ4n) is 2.08. The van der Waals surface area contributed by atoms with E-state index in [1.54, 1.807) is 0 Å². The van der Waals surface area contributed by atoms with Crippen molar-refractivity contribution in [3.8, 4) is 11.1 Å². The number of benzene rings is 1. The summed E-state index contributed by atoms with van der Waals surface area (Å²) in [4.78, 5) is 12.5. The van der Waals surface area contributed by atoms with E-state index >= 15 is 0 Å². The van der Waals surface area contributed by atoms with Crippen LogP contribution in [0, 0.1) is 6.92 Å². The van der Waals surface area contributed by atoms with Crippen LogP contribution < -0.4 is 0 Å². The molecule has 0 aliphatic rings.